The minimum absolute atomic E-state index is 0.0433. The Balaban J connectivity index is 2.52. The molecule has 1 unspecified atom stereocenters. The summed E-state index contributed by atoms with van der Waals surface area (Å²) in [7, 11) is 0. The van der Waals surface area contributed by atoms with Gasteiger partial charge in [-0.15, -0.1) is 0 Å². The molecule has 0 aliphatic carbocycles. The number of hydrogen-bond acceptors (Lipinski definition) is 5. The molecule has 0 spiro atoms. The van der Waals surface area contributed by atoms with Crippen LogP contribution in [0.15, 0.2) is 0 Å². The first-order valence-electron chi connectivity index (χ1n) is 6.44. The van der Waals surface area contributed by atoms with Gasteiger partial charge in [-0.1, -0.05) is 0 Å². The number of amides is 1. The molecule has 6 heteroatoms. The lowest BCUT2D eigenvalue weighted by Crippen LogP contribution is -2.50. The standard InChI is InChI=1S/C12H22N2O3S/c1-2-17-12(16)10-9-18-8-7-14(10)11(15)5-3-4-6-13/h10H,2-9,13H2,1H3. The van der Waals surface area contributed by atoms with E-state index in [0.717, 1.165) is 18.6 Å². The van der Waals surface area contributed by atoms with E-state index in [9.17, 15) is 9.59 Å². The Morgan fingerprint density at radius 3 is 2.89 bits per heavy atom. The van der Waals surface area contributed by atoms with Crippen LogP contribution in [0.4, 0.5) is 0 Å². The van der Waals surface area contributed by atoms with Crippen LogP contribution in [0, 0.1) is 0 Å². The molecule has 1 aliphatic rings. The van der Waals surface area contributed by atoms with Gasteiger partial charge in [0.05, 0.1) is 6.61 Å². The maximum absolute atomic E-state index is 12.1. The molecule has 1 atom stereocenters. The van der Waals surface area contributed by atoms with E-state index < -0.39 is 6.04 Å². The first kappa shape index (κ1) is 15.3. The average molecular weight is 274 g/mol. The van der Waals surface area contributed by atoms with Crippen LogP contribution in [0.3, 0.4) is 0 Å². The molecular formula is C12H22N2O3S. The zero-order valence-electron chi connectivity index (χ0n) is 10.9. The van der Waals surface area contributed by atoms with E-state index in [1.807, 2.05) is 0 Å². The second-order valence-electron chi connectivity index (χ2n) is 4.18. The van der Waals surface area contributed by atoms with E-state index in [4.69, 9.17) is 10.5 Å². The molecule has 0 aromatic rings. The lowest BCUT2D eigenvalue weighted by Gasteiger charge is -2.33. The maximum atomic E-state index is 12.1. The van der Waals surface area contributed by atoms with Gasteiger partial charge in [-0.2, -0.15) is 11.8 Å². The number of hydrogen-bond donors (Lipinski definition) is 1. The summed E-state index contributed by atoms with van der Waals surface area (Å²) in [5.41, 5.74) is 5.41. The van der Waals surface area contributed by atoms with Crippen LogP contribution in [0.5, 0.6) is 0 Å². The van der Waals surface area contributed by atoms with Crippen molar-refractivity contribution in [2.45, 2.75) is 32.2 Å². The fourth-order valence-electron chi connectivity index (χ4n) is 1.90. The van der Waals surface area contributed by atoms with E-state index >= 15 is 0 Å². The molecule has 18 heavy (non-hydrogen) atoms. The number of nitrogens with zero attached hydrogens (tertiary/aromatic N) is 1. The third-order valence-electron chi connectivity index (χ3n) is 2.85. The Labute approximate surface area is 112 Å². The van der Waals surface area contributed by atoms with Gasteiger partial charge >= 0.3 is 5.97 Å². The SMILES string of the molecule is CCOC(=O)C1CSCCN1C(=O)CCCCN. The Bertz CT molecular complexity index is 286. The van der Waals surface area contributed by atoms with Crippen LogP contribution in [0.25, 0.3) is 0 Å². The van der Waals surface area contributed by atoms with Crippen molar-refractivity contribution in [3.63, 3.8) is 0 Å². The molecule has 1 fully saturated rings. The Hall–Kier alpha value is -0.750. The Morgan fingerprint density at radius 1 is 1.44 bits per heavy atom. The summed E-state index contributed by atoms with van der Waals surface area (Å²) in [6.07, 6.45) is 2.10. The van der Waals surface area contributed by atoms with E-state index in [-0.39, 0.29) is 11.9 Å². The number of carbonyl (C=O) groups is 2. The minimum Gasteiger partial charge on any atom is -0.464 e. The molecular weight excluding hydrogens is 252 g/mol. The van der Waals surface area contributed by atoms with E-state index in [1.54, 1.807) is 23.6 Å². The number of rotatable bonds is 6. The van der Waals surface area contributed by atoms with Crippen LogP contribution in [-0.2, 0) is 14.3 Å². The van der Waals surface area contributed by atoms with E-state index in [2.05, 4.69) is 0 Å². The Kier molecular flexibility index (Phi) is 7.12. The second kappa shape index (κ2) is 8.37. The molecule has 0 aromatic carbocycles. The second-order valence-corrected chi connectivity index (χ2v) is 5.33. The quantitative estimate of drug-likeness (QED) is 0.568. The molecule has 1 amide bonds. The highest BCUT2D eigenvalue weighted by Crippen LogP contribution is 2.19. The van der Waals surface area contributed by atoms with Crippen molar-refractivity contribution in [3.05, 3.63) is 0 Å². The molecule has 0 saturated carbocycles. The van der Waals surface area contributed by atoms with Gasteiger partial charge < -0.3 is 15.4 Å². The molecule has 1 saturated heterocycles. The monoisotopic (exact) mass is 274 g/mol. The molecule has 104 valence electrons. The molecule has 1 aliphatic heterocycles. The third kappa shape index (κ3) is 4.49. The number of nitrogens with two attached hydrogens (primary N) is 1. The van der Waals surface area contributed by atoms with Crippen LogP contribution < -0.4 is 5.73 Å². The summed E-state index contributed by atoms with van der Waals surface area (Å²) in [6.45, 7) is 3.37. The largest absolute Gasteiger partial charge is 0.464 e. The van der Waals surface area contributed by atoms with Crippen molar-refractivity contribution in [2.75, 3.05) is 31.2 Å². The first-order chi connectivity index (χ1) is 8.70. The summed E-state index contributed by atoms with van der Waals surface area (Å²) in [4.78, 5) is 25.5. The summed E-state index contributed by atoms with van der Waals surface area (Å²) in [5.74, 6) is 1.29. The number of esters is 1. The van der Waals surface area contributed by atoms with E-state index in [1.165, 1.54) is 0 Å². The normalized spacial score (nSPS) is 19.7. The van der Waals surface area contributed by atoms with Crippen LogP contribution in [-0.4, -0.2) is 54.0 Å². The topological polar surface area (TPSA) is 72.6 Å². The molecule has 1 rings (SSSR count). The zero-order chi connectivity index (χ0) is 13.4. The summed E-state index contributed by atoms with van der Waals surface area (Å²) in [5, 5.41) is 0. The summed E-state index contributed by atoms with van der Waals surface area (Å²) >= 11 is 1.69. The molecule has 0 bridgehead atoms. The van der Waals surface area contributed by atoms with Crippen molar-refractivity contribution in [3.8, 4) is 0 Å². The highest BCUT2D eigenvalue weighted by Gasteiger charge is 2.32. The lowest BCUT2D eigenvalue weighted by molar-refractivity contribution is -0.153. The lowest BCUT2D eigenvalue weighted by atomic mass is 10.2. The van der Waals surface area contributed by atoms with Crippen molar-refractivity contribution >= 4 is 23.6 Å². The van der Waals surface area contributed by atoms with Crippen molar-refractivity contribution in [1.29, 1.82) is 0 Å². The fourth-order valence-corrected chi connectivity index (χ4v) is 2.93. The van der Waals surface area contributed by atoms with Crippen LogP contribution in [0.2, 0.25) is 0 Å². The summed E-state index contributed by atoms with van der Waals surface area (Å²) < 4.78 is 5.02. The number of thioether (sulfide) groups is 1. The minimum atomic E-state index is -0.408. The number of unbranched alkanes of at least 4 members (excludes halogenated alkanes) is 1. The van der Waals surface area contributed by atoms with Crippen LogP contribution in [0.1, 0.15) is 26.2 Å². The molecule has 5 nitrogen and oxygen atoms in total. The van der Waals surface area contributed by atoms with Gasteiger partial charge in [0.25, 0.3) is 0 Å². The number of carbonyl (C=O) groups excluding carboxylic acids is 2. The smallest absolute Gasteiger partial charge is 0.329 e. The third-order valence-corrected chi connectivity index (χ3v) is 3.87. The van der Waals surface area contributed by atoms with Gasteiger partial charge in [0.15, 0.2) is 0 Å². The van der Waals surface area contributed by atoms with Gasteiger partial charge in [-0.05, 0) is 26.3 Å². The maximum Gasteiger partial charge on any atom is 0.329 e. The average Bonchev–Trinajstić information content (AvgIpc) is 2.39. The van der Waals surface area contributed by atoms with Crippen molar-refractivity contribution < 1.29 is 14.3 Å². The predicted molar refractivity (Wildman–Crippen MR) is 72.4 cm³/mol. The van der Waals surface area contributed by atoms with Crippen LogP contribution >= 0.6 is 11.8 Å². The highest BCUT2D eigenvalue weighted by atomic mass is 32.2. The fraction of sp³-hybridized carbons (Fsp3) is 0.833. The zero-order valence-corrected chi connectivity index (χ0v) is 11.7. The van der Waals surface area contributed by atoms with Gasteiger partial charge in [0.1, 0.15) is 6.04 Å². The van der Waals surface area contributed by atoms with Gasteiger partial charge in [0, 0.05) is 24.5 Å². The predicted octanol–water partition coefficient (Wildman–Crippen LogP) is 0.623. The number of ether oxygens (including phenoxy) is 1. The van der Waals surface area contributed by atoms with E-state index in [0.29, 0.717) is 31.9 Å². The molecule has 1 heterocycles. The van der Waals surface area contributed by atoms with Gasteiger partial charge in [-0.3, -0.25) is 4.79 Å². The first-order valence-corrected chi connectivity index (χ1v) is 7.60. The van der Waals surface area contributed by atoms with Gasteiger partial charge in [0.2, 0.25) is 5.91 Å². The van der Waals surface area contributed by atoms with Crippen molar-refractivity contribution in [2.24, 2.45) is 5.73 Å². The molecule has 0 aromatic heterocycles. The molecule has 0 radical (unpaired) electrons. The van der Waals surface area contributed by atoms with Crippen molar-refractivity contribution in [1.82, 2.24) is 4.90 Å². The summed E-state index contributed by atoms with van der Waals surface area (Å²) in [6, 6.07) is -0.408. The van der Waals surface area contributed by atoms with Gasteiger partial charge in [-0.25, -0.2) is 4.79 Å². The highest BCUT2D eigenvalue weighted by molar-refractivity contribution is 7.99. The Morgan fingerprint density at radius 2 is 2.22 bits per heavy atom. The molecule has 2 N–H and O–H groups in total.